The molecule has 3 aromatic carbocycles. The molecule has 0 amide bonds. The van der Waals surface area contributed by atoms with E-state index < -0.39 is 5.60 Å². The summed E-state index contributed by atoms with van der Waals surface area (Å²) in [5, 5.41) is 0. The number of halogens is 1. The first kappa shape index (κ1) is 26.4. The van der Waals surface area contributed by atoms with E-state index in [9.17, 15) is 0 Å². The molecule has 192 valence electrons. The van der Waals surface area contributed by atoms with Crippen molar-refractivity contribution in [2.24, 2.45) is 0 Å². The van der Waals surface area contributed by atoms with Crippen molar-refractivity contribution in [3.05, 3.63) is 89.5 Å². The minimum absolute atomic E-state index is 0. The summed E-state index contributed by atoms with van der Waals surface area (Å²) in [6.07, 6.45) is 3.75. The molecular weight excluding hydrogens is 470 g/mol. The van der Waals surface area contributed by atoms with Gasteiger partial charge in [-0.2, -0.15) is 0 Å². The number of hydrogen-bond donors (Lipinski definition) is 0. The third-order valence-corrected chi connectivity index (χ3v) is 7.50. The highest BCUT2D eigenvalue weighted by Crippen LogP contribution is 2.53. The van der Waals surface area contributed by atoms with Gasteiger partial charge in [0.2, 0.25) is 0 Å². The average Bonchev–Trinajstić information content (AvgIpc) is 3.39. The first-order chi connectivity index (χ1) is 17.0. The molecule has 0 spiro atoms. The smallest absolute Gasteiger partial charge is 0.127 e. The van der Waals surface area contributed by atoms with Gasteiger partial charge in [-0.15, -0.1) is 12.4 Å². The zero-order valence-electron chi connectivity index (χ0n) is 21.6. The molecular formula is C31H38ClNO3. The Balaban J connectivity index is 0.00000304. The van der Waals surface area contributed by atoms with E-state index in [0.29, 0.717) is 0 Å². The van der Waals surface area contributed by atoms with Crippen LogP contribution in [-0.4, -0.2) is 43.9 Å². The molecule has 2 atom stereocenters. The Morgan fingerprint density at radius 2 is 1.58 bits per heavy atom. The topological polar surface area (TPSA) is 30.9 Å². The second kappa shape index (κ2) is 11.6. The minimum Gasteiger partial charge on any atom is -0.497 e. The lowest BCUT2D eigenvalue weighted by molar-refractivity contribution is 0.0528. The van der Waals surface area contributed by atoms with E-state index >= 15 is 0 Å². The predicted molar refractivity (Wildman–Crippen MR) is 148 cm³/mol. The van der Waals surface area contributed by atoms with Crippen molar-refractivity contribution in [2.75, 3.05) is 33.4 Å². The average molecular weight is 508 g/mol. The zero-order chi connectivity index (χ0) is 24.3. The van der Waals surface area contributed by atoms with Crippen LogP contribution >= 0.6 is 12.4 Å². The highest BCUT2D eigenvalue weighted by atomic mass is 35.5. The summed E-state index contributed by atoms with van der Waals surface area (Å²) in [6.45, 7) is 8.76. The van der Waals surface area contributed by atoms with E-state index in [-0.39, 0.29) is 24.2 Å². The van der Waals surface area contributed by atoms with Gasteiger partial charge < -0.3 is 19.1 Å². The van der Waals surface area contributed by atoms with Crippen LogP contribution in [0, 0.1) is 0 Å². The Labute approximate surface area is 222 Å². The zero-order valence-corrected chi connectivity index (χ0v) is 22.4. The number of rotatable bonds is 8. The first-order valence-corrected chi connectivity index (χ1v) is 12.9. The van der Waals surface area contributed by atoms with E-state index in [1.165, 1.54) is 42.6 Å². The number of likely N-dealkylation sites (tertiary alicyclic amines) is 1. The predicted octanol–water partition coefficient (Wildman–Crippen LogP) is 7.07. The second-order valence-corrected chi connectivity index (χ2v) is 10.3. The molecule has 1 fully saturated rings. The quantitative estimate of drug-likeness (QED) is 0.305. The molecule has 0 bridgehead atoms. The summed E-state index contributed by atoms with van der Waals surface area (Å²) in [7, 11) is 1.70. The van der Waals surface area contributed by atoms with Gasteiger partial charge in [0.25, 0.3) is 0 Å². The molecule has 0 aliphatic carbocycles. The van der Waals surface area contributed by atoms with Gasteiger partial charge in [-0.25, -0.2) is 0 Å². The maximum Gasteiger partial charge on any atom is 0.127 e. The van der Waals surface area contributed by atoms with Crippen molar-refractivity contribution in [3.63, 3.8) is 0 Å². The van der Waals surface area contributed by atoms with E-state index in [1.54, 1.807) is 7.11 Å². The molecule has 5 rings (SSSR count). The summed E-state index contributed by atoms with van der Waals surface area (Å²) in [4.78, 5) is 2.54. The SMILES string of the molecule is COc1ccc2c(c1)OC(C)(C)[C@H](c1ccccc1)[C@H]2c1ccc(OCCCN2CCCC2)cc1.Cl. The van der Waals surface area contributed by atoms with Gasteiger partial charge in [-0.1, -0.05) is 48.5 Å². The van der Waals surface area contributed by atoms with Crippen molar-refractivity contribution >= 4 is 12.4 Å². The van der Waals surface area contributed by atoms with Crippen LogP contribution in [0.1, 0.15) is 61.6 Å². The Hall–Kier alpha value is -2.69. The maximum atomic E-state index is 6.60. The van der Waals surface area contributed by atoms with Crippen LogP contribution in [0.4, 0.5) is 0 Å². The molecule has 0 aromatic heterocycles. The first-order valence-electron chi connectivity index (χ1n) is 12.9. The number of methoxy groups -OCH3 is 1. The number of ether oxygens (including phenoxy) is 3. The maximum absolute atomic E-state index is 6.60. The summed E-state index contributed by atoms with van der Waals surface area (Å²) in [5.74, 6) is 2.97. The Morgan fingerprint density at radius 1 is 0.889 bits per heavy atom. The van der Waals surface area contributed by atoms with E-state index in [2.05, 4.69) is 79.4 Å². The summed E-state index contributed by atoms with van der Waals surface area (Å²) in [5.41, 5.74) is 3.35. The second-order valence-electron chi connectivity index (χ2n) is 10.3. The molecule has 0 N–H and O–H groups in total. The monoisotopic (exact) mass is 507 g/mol. The molecule has 5 heteroatoms. The summed E-state index contributed by atoms with van der Waals surface area (Å²) in [6, 6.07) is 25.7. The normalized spacial score (nSPS) is 20.6. The van der Waals surface area contributed by atoms with Gasteiger partial charge in [0.05, 0.1) is 13.7 Å². The number of nitrogens with zero attached hydrogens (tertiary/aromatic N) is 1. The van der Waals surface area contributed by atoms with Crippen molar-refractivity contribution in [3.8, 4) is 17.2 Å². The van der Waals surface area contributed by atoms with Crippen LogP contribution < -0.4 is 14.2 Å². The Kier molecular flexibility index (Phi) is 8.48. The van der Waals surface area contributed by atoms with Crippen LogP contribution in [0.2, 0.25) is 0 Å². The molecule has 4 nitrogen and oxygen atoms in total. The Bertz CT molecular complexity index is 1110. The molecule has 0 saturated carbocycles. The van der Waals surface area contributed by atoms with E-state index in [0.717, 1.165) is 36.8 Å². The van der Waals surface area contributed by atoms with Crippen LogP contribution in [0.25, 0.3) is 0 Å². The fraction of sp³-hybridized carbons (Fsp3) is 0.419. The molecule has 36 heavy (non-hydrogen) atoms. The van der Waals surface area contributed by atoms with Crippen molar-refractivity contribution < 1.29 is 14.2 Å². The van der Waals surface area contributed by atoms with Gasteiger partial charge in [-0.3, -0.25) is 0 Å². The lowest BCUT2D eigenvalue weighted by atomic mass is 9.68. The van der Waals surface area contributed by atoms with Crippen LogP contribution in [0.3, 0.4) is 0 Å². The van der Waals surface area contributed by atoms with Crippen molar-refractivity contribution in [1.82, 2.24) is 4.90 Å². The minimum atomic E-state index is -0.393. The third-order valence-electron chi connectivity index (χ3n) is 7.50. The number of benzene rings is 3. The van der Waals surface area contributed by atoms with Gasteiger partial charge in [0.15, 0.2) is 0 Å². The molecule has 0 radical (unpaired) electrons. The third kappa shape index (κ3) is 5.66. The van der Waals surface area contributed by atoms with Gasteiger partial charge >= 0.3 is 0 Å². The molecule has 2 aliphatic heterocycles. The van der Waals surface area contributed by atoms with Gasteiger partial charge in [-0.05, 0) is 75.5 Å². The fourth-order valence-corrected chi connectivity index (χ4v) is 5.80. The lowest BCUT2D eigenvalue weighted by Gasteiger charge is -2.45. The van der Waals surface area contributed by atoms with Crippen LogP contribution in [-0.2, 0) is 0 Å². The van der Waals surface area contributed by atoms with Crippen molar-refractivity contribution in [2.45, 2.75) is 50.5 Å². The molecule has 1 saturated heterocycles. The highest BCUT2D eigenvalue weighted by molar-refractivity contribution is 5.85. The van der Waals surface area contributed by atoms with E-state index in [4.69, 9.17) is 14.2 Å². The summed E-state index contributed by atoms with van der Waals surface area (Å²) < 4.78 is 18.2. The molecule has 2 aliphatic rings. The van der Waals surface area contributed by atoms with Gasteiger partial charge in [0, 0.05) is 30.0 Å². The van der Waals surface area contributed by atoms with E-state index in [1.807, 2.05) is 12.1 Å². The highest BCUT2D eigenvalue weighted by Gasteiger charge is 2.45. The van der Waals surface area contributed by atoms with Gasteiger partial charge in [0.1, 0.15) is 22.8 Å². The standard InChI is InChI=1S/C31H37NO3.ClH/c1-31(2)30(24-10-5-4-6-11-24)29(27-17-16-26(33-3)22-28(27)35-31)23-12-14-25(15-13-23)34-21-9-20-32-18-7-8-19-32;/h4-6,10-17,22,29-30H,7-9,18-21H2,1-3H3;1H/t29-,30+;/m0./s1. The Morgan fingerprint density at radius 3 is 2.28 bits per heavy atom. The largest absolute Gasteiger partial charge is 0.497 e. The summed E-state index contributed by atoms with van der Waals surface area (Å²) >= 11 is 0. The molecule has 3 aromatic rings. The van der Waals surface area contributed by atoms with Crippen molar-refractivity contribution in [1.29, 1.82) is 0 Å². The molecule has 2 heterocycles. The lowest BCUT2D eigenvalue weighted by Crippen LogP contribution is -2.43. The fourth-order valence-electron chi connectivity index (χ4n) is 5.80. The molecule has 0 unspecified atom stereocenters. The number of hydrogen-bond acceptors (Lipinski definition) is 4. The van der Waals surface area contributed by atoms with Crippen LogP contribution in [0.15, 0.2) is 72.8 Å². The number of fused-ring (bicyclic) bond motifs is 1. The van der Waals surface area contributed by atoms with Crippen LogP contribution in [0.5, 0.6) is 17.2 Å².